The molecule has 4 nitrogen and oxygen atoms in total. The molecule has 0 spiro atoms. The first-order valence-corrected chi connectivity index (χ1v) is 9.25. The van der Waals surface area contributed by atoms with E-state index in [1.165, 1.54) is 0 Å². The maximum absolute atomic E-state index is 12.5. The lowest BCUT2D eigenvalue weighted by Gasteiger charge is -2.10. The molecule has 0 aliphatic rings. The van der Waals surface area contributed by atoms with Gasteiger partial charge >= 0.3 is 0 Å². The molecule has 142 valence electrons. The van der Waals surface area contributed by atoms with Crippen molar-refractivity contribution in [1.82, 2.24) is 5.32 Å². The lowest BCUT2D eigenvalue weighted by atomic mass is 10.1. The van der Waals surface area contributed by atoms with Gasteiger partial charge in [0.2, 0.25) is 0 Å². The minimum absolute atomic E-state index is 0.162. The number of hydrogen-bond donors (Lipinski definition) is 2. The molecule has 0 saturated heterocycles. The third-order valence-electron chi connectivity index (χ3n) is 4.75. The van der Waals surface area contributed by atoms with E-state index in [0.29, 0.717) is 17.7 Å². The van der Waals surface area contributed by atoms with Crippen LogP contribution in [-0.4, -0.2) is 11.8 Å². The fourth-order valence-electron chi connectivity index (χ4n) is 2.92. The van der Waals surface area contributed by atoms with Crippen molar-refractivity contribution in [2.75, 3.05) is 5.32 Å². The highest BCUT2D eigenvalue weighted by molar-refractivity contribution is 6.05. The third-order valence-corrected chi connectivity index (χ3v) is 4.75. The van der Waals surface area contributed by atoms with Crippen LogP contribution < -0.4 is 10.6 Å². The van der Waals surface area contributed by atoms with E-state index in [1.54, 1.807) is 24.3 Å². The summed E-state index contributed by atoms with van der Waals surface area (Å²) >= 11 is 0. The Morgan fingerprint density at radius 1 is 0.750 bits per heavy atom. The van der Waals surface area contributed by atoms with Crippen LogP contribution in [0.25, 0.3) is 0 Å². The van der Waals surface area contributed by atoms with Crippen molar-refractivity contribution in [2.45, 2.75) is 27.3 Å². The predicted octanol–water partition coefficient (Wildman–Crippen LogP) is 4.79. The molecule has 3 aromatic carbocycles. The zero-order valence-electron chi connectivity index (χ0n) is 16.4. The number of amides is 2. The van der Waals surface area contributed by atoms with Crippen LogP contribution in [0.1, 0.15) is 43.0 Å². The molecule has 0 bridgehead atoms. The summed E-state index contributed by atoms with van der Waals surface area (Å²) in [4.78, 5) is 24.9. The number of rotatable bonds is 5. The van der Waals surface area contributed by atoms with E-state index in [2.05, 4.69) is 10.6 Å². The lowest BCUT2D eigenvalue weighted by Crippen LogP contribution is -2.23. The van der Waals surface area contributed by atoms with E-state index in [4.69, 9.17) is 0 Å². The highest BCUT2D eigenvalue weighted by Gasteiger charge is 2.11. The lowest BCUT2D eigenvalue weighted by molar-refractivity contribution is 0.0949. The first-order valence-electron chi connectivity index (χ1n) is 9.25. The first-order chi connectivity index (χ1) is 13.4. The molecule has 2 amide bonds. The van der Waals surface area contributed by atoms with Crippen LogP contribution in [0.4, 0.5) is 5.69 Å². The van der Waals surface area contributed by atoms with Gasteiger partial charge in [-0.05, 0) is 73.4 Å². The SMILES string of the molecule is Cc1ccc(C)c(NC(=O)c2ccc(C(=O)NCc3ccccc3C)cc2)c1. The largest absolute Gasteiger partial charge is 0.348 e. The van der Waals surface area contributed by atoms with Gasteiger partial charge in [0.25, 0.3) is 11.8 Å². The summed E-state index contributed by atoms with van der Waals surface area (Å²) in [5.41, 5.74) is 6.15. The van der Waals surface area contributed by atoms with E-state index in [-0.39, 0.29) is 11.8 Å². The van der Waals surface area contributed by atoms with E-state index in [0.717, 1.165) is 27.9 Å². The normalized spacial score (nSPS) is 10.4. The Labute approximate surface area is 165 Å². The second-order valence-corrected chi connectivity index (χ2v) is 6.96. The Kier molecular flexibility index (Phi) is 5.90. The van der Waals surface area contributed by atoms with Crippen LogP contribution in [0.15, 0.2) is 66.7 Å². The van der Waals surface area contributed by atoms with Gasteiger partial charge in [-0.25, -0.2) is 0 Å². The number of carbonyl (C=O) groups excluding carboxylic acids is 2. The Balaban J connectivity index is 1.64. The van der Waals surface area contributed by atoms with Gasteiger partial charge in [-0.2, -0.15) is 0 Å². The van der Waals surface area contributed by atoms with Crippen molar-refractivity contribution in [2.24, 2.45) is 0 Å². The smallest absolute Gasteiger partial charge is 0.255 e. The molecule has 0 heterocycles. The molecule has 0 saturated carbocycles. The Hall–Kier alpha value is -3.40. The molecular weight excluding hydrogens is 348 g/mol. The molecular formula is C24H24N2O2. The quantitative estimate of drug-likeness (QED) is 0.676. The topological polar surface area (TPSA) is 58.2 Å². The summed E-state index contributed by atoms with van der Waals surface area (Å²) in [6.45, 7) is 6.43. The van der Waals surface area contributed by atoms with Gasteiger partial charge in [-0.15, -0.1) is 0 Å². The van der Waals surface area contributed by atoms with Gasteiger partial charge in [-0.3, -0.25) is 9.59 Å². The van der Waals surface area contributed by atoms with Crippen LogP contribution in [0, 0.1) is 20.8 Å². The number of anilines is 1. The summed E-state index contributed by atoms with van der Waals surface area (Å²) in [7, 11) is 0. The van der Waals surface area contributed by atoms with Crippen molar-refractivity contribution in [3.8, 4) is 0 Å². The van der Waals surface area contributed by atoms with Crippen molar-refractivity contribution in [1.29, 1.82) is 0 Å². The van der Waals surface area contributed by atoms with E-state index >= 15 is 0 Å². The molecule has 0 radical (unpaired) electrons. The molecule has 2 N–H and O–H groups in total. The molecule has 0 atom stereocenters. The van der Waals surface area contributed by atoms with Crippen LogP contribution in [0.5, 0.6) is 0 Å². The summed E-state index contributed by atoms with van der Waals surface area (Å²) in [5, 5.41) is 5.85. The van der Waals surface area contributed by atoms with Gasteiger partial charge in [0.15, 0.2) is 0 Å². The summed E-state index contributed by atoms with van der Waals surface area (Å²) < 4.78 is 0. The Morgan fingerprint density at radius 2 is 1.39 bits per heavy atom. The second kappa shape index (κ2) is 8.53. The minimum Gasteiger partial charge on any atom is -0.348 e. The van der Waals surface area contributed by atoms with Gasteiger partial charge in [0.05, 0.1) is 0 Å². The highest BCUT2D eigenvalue weighted by atomic mass is 16.2. The number of aryl methyl sites for hydroxylation is 3. The predicted molar refractivity (Wildman–Crippen MR) is 113 cm³/mol. The molecule has 3 aromatic rings. The first kappa shape index (κ1) is 19.4. The van der Waals surface area contributed by atoms with Crippen LogP contribution >= 0.6 is 0 Å². The van der Waals surface area contributed by atoms with Crippen LogP contribution in [-0.2, 0) is 6.54 Å². The average Bonchev–Trinajstić information content (AvgIpc) is 2.70. The van der Waals surface area contributed by atoms with Gasteiger partial charge in [0, 0.05) is 23.4 Å². The molecule has 0 aromatic heterocycles. The summed E-state index contributed by atoms with van der Waals surface area (Å²) in [5.74, 6) is -0.356. The number of nitrogens with one attached hydrogen (secondary N) is 2. The van der Waals surface area contributed by atoms with Crippen molar-refractivity contribution < 1.29 is 9.59 Å². The summed E-state index contributed by atoms with van der Waals surface area (Å²) in [6.07, 6.45) is 0. The Morgan fingerprint density at radius 3 is 2.07 bits per heavy atom. The van der Waals surface area contributed by atoms with E-state index in [1.807, 2.05) is 63.2 Å². The molecule has 0 unspecified atom stereocenters. The molecule has 3 rings (SSSR count). The van der Waals surface area contributed by atoms with Crippen molar-refractivity contribution in [3.05, 3.63) is 100 Å². The standard InChI is InChI=1S/C24H24N2O2/c1-16-8-9-18(3)22(14-16)26-24(28)20-12-10-19(11-13-20)23(27)25-15-21-7-5-4-6-17(21)2/h4-14H,15H2,1-3H3,(H,25,27)(H,26,28). The fourth-order valence-corrected chi connectivity index (χ4v) is 2.92. The zero-order chi connectivity index (χ0) is 20.1. The van der Waals surface area contributed by atoms with Crippen LogP contribution in [0.2, 0.25) is 0 Å². The van der Waals surface area contributed by atoms with Gasteiger partial charge in [-0.1, -0.05) is 36.4 Å². The molecule has 0 aliphatic heterocycles. The minimum atomic E-state index is -0.194. The fraction of sp³-hybridized carbons (Fsp3) is 0.167. The monoisotopic (exact) mass is 372 g/mol. The maximum atomic E-state index is 12.5. The van der Waals surface area contributed by atoms with Gasteiger partial charge < -0.3 is 10.6 Å². The number of benzene rings is 3. The van der Waals surface area contributed by atoms with Gasteiger partial charge in [0.1, 0.15) is 0 Å². The average molecular weight is 372 g/mol. The Bertz CT molecular complexity index is 1010. The molecule has 0 aliphatic carbocycles. The highest BCUT2D eigenvalue weighted by Crippen LogP contribution is 2.17. The van der Waals surface area contributed by atoms with Crippen molar-refractivity contribution >= 4 is 17.5 Å². The molecule has 28 heavy (non-hydrogen) atoms. The maximum Gasteiger partial charge on any atom is 0.255 e. The zero-order valence-corrected chi connectivity index (χ0v) is 16.4. The van der Waals surface area contributed by atoms with Crippen LogP contribution in [0.3, 0.4) is 0 Å². The number of carbonyl (C=O) groups is 2. The molecule has 0 fully saturated rings. The third kappa shape index (κ3) is 4.65. The van der Waals surface area contributed by atoms with Crippen molar-refractivity contribution in [3.63, 3.8) is 0 Å². The molecule has 4 heteroatoms. The van der Waals surface area contributed by atoms with E-state index < -0.39 is 0 Å². The second-order valence-electron chi connectivity index (χ2n) is 6.96. The number of hydrogen-bond acceptors (Lipinski definition) is 2. The van der Waals surface area contributed by atoms with E-state index in [9.17, 15) is 9.59 Å². The summed E-state index contributed by atoms with van der Waals surface area (Å²) in [6, 6.07) is 20.6.